The second-order valence-corrected chi connectivity index (χ2v) is 15.2. The maximum absolute atomic E-state index is 13.4. The van der Waals surface area contributed by atoms with Crippen LogP contribution in [0, 0.1) is 27.7 Å². The molecule has 2 aliphatic rings. The number of sulfonamides is 2. The topological polar surface area (TPSA) is 118 Å². The van der Waals surface area contributed by atoms with Gasteiger partial charge >= 0.3 is 15.5 Å². The number of nitrogens with zero attached hydrogens (tertiary/aromatic N) is 1. The van der Waals surface area contributed by atoms with Crippen molar-refractivity contribution in [3.63, 3.8) is 0 Å². The molecule has 0 amide bonds. The number of benzene rings is 5. The first-order valence-corrected chi connectivity index (χ1v) is 17.9. The Bertz CT molecular complexity index is 2490. The molecule has 0 bridgehead atoms. The second-order valence-electron chi connectivity index (χ2n) is 11.6. The lowest BCUT2D eigenvalue weighted by Crippen LogP contribution is -2.40. The summed E-state index contributed by atoms with van der Waals surface area (Å²) in [7, 11) is -11.5. The largest absolute Gasteiger partial charge is 0.512 e. The molecule has 1 heterocycles. The number of halogens is 3. The normalized spacial score (nSPS) is 12.9. The molecule has 0 aromatic heterocycles. The van der Waals surface area contributed by atoms with Crippen molar-refractivity contribution >= 4 is 48.1 Å². The number of para-hydroxylation sites is 2. The van der Waals surface area contributed by atoms with E-state index >= 15 is 0 Å². The molecular formula is C36H30F3N3O5S2. The maximum Gasteiger partial charge on any atom is 0.512 e. The van der Waals surface area contributed by atoms with Crippen LogP contribution >= 0.6 is 0 Å². The first-order valence-electron chi connectivity index (χ1n) is 14.9. The quantitative estimate of drug-likeness (QED) is 0.161. The van der Waals surface area contributed by atoms with Crippen LogP contribution in [0.4, 0.5) is 30.2 Å². The van der Waals surface area contributed by atoms with Crippen molar-refractivity contribution in [2.45, 2.75) is 38.1 Å². The molecule has 252 valence electrons. The Balaban J connectivity index is 1.62. The smallest absolute Gasteiger partial charge is 0.456 e. The molecule has 0 fully saturated rings. The van der Waals surface area contributed by atoms with Gasteiger partial charge in [-0.3, -0.25) is 0 Å². The lowest BCUT2D eigenvalue weighted by atomic mass is 9.93. The minimum atomic E-state index is -6.25. The SMILES string of the molecule is Cc1cccc(C)c1/N=c1\ccc2c(-c3ccccc3S(=O)(=O)NS(=O)(=O)C(F)(F)F)c3ccc(Nc4c(C)cccc4C)cc3oc-2c1. The first kappa shape index (κ1) is 33.9. The lowest BCUT2D eigenvalue weighted by molar-refractivity contribution is -0.0441. The molecule has 1 aliphatic heterocycles. The summed E-state index contributed by atoms with van der Waals surface area (Å²) < 4.78 is 97.7. The number of rotatable bonds is 7. The van der Waals surface area contributed by atoms with E-state index in [4.69, 9.17) is 9.41 Å². The Morgan fingerprint density at radius 3 is 1.98 bits per heavy atom. The first-order chi connectivity index (χ1) is 23.1. The second kappa shape index (κ2) is 12.5. The number of aryl methyl sites for hydroxylation is 4. The van der Waals surface area contributed by atoms with Crippen molar-refractivity contribution in [2.24, 2.45) is 4.99 Å². The van der Waals surface area contributed by atoms with Crippen molar-refractivity contribution in [1.82, 2.24) is 4.13 Å². The molecule has 2 N–H and O–H groups in total. The molecule has 1 aliphatic carbocycles. The summed E-state index contributed by atoms with van der Waals surface area (Å²) in [6.45, 7) is 7.83. The van der Waals surface area contributed by atoms with E-state index in [0.29, 0.717) is 38.9 Å². The molecule has 13 heteroatoms. The van der Waals surface area contributed by atoms with E-state index in [-0.39, 0.29) is 5.56 Å². The third-order valence-electron chi connectivity index (χ3n) is 8.11. The van der Waals surface area contributed by atoms with Crippen LogP contribution in [0.2, 0.25) is 0 Å². The van der Waals surface area contributed by atoms with Gasteiger partial charge in [-0.1, -0.05) is 58.7 Å². The van der Waals surface area contributed by atoms with E-state index < -0.39 is 30.5 Å². The molecule has 0 unspecified atom stereocenters. The molecule has 6 rings (SSSR count). The van der Waals surface area contributed by atoms with Gasteiger partial charge in [0.25, 0.3) is 10.0 Å². The summed E-state index contributed by atoms with van der Waals surface area (Å²) in [6.07, 6.45) is 0. The summed E-state index contributed by atoms with van der Waals surface area (Å²) in [5, 5.41) is 4.39. The monoisotopic (exact) mass is 705 g/mol. The number of hydrogen-bond acceptors (Lipinski definition) is 7. The third kappa shape index (κ3) is 6.56. The third-order valence-corrected chi connectivity index (χ3v) is 11.4. The standard InChI is InChI=1S/C36H30F3N3O5S2/c1-21-9-7-10-22(2)34(21)40-25-15-17-27-30(19-25)47-31-20-26(41-35-23(3)11-8-12-24(35)4)16-18-28(31)33(27)29-13-5-6-14-32(29)48(43,44)42-49(45,46)36(37,38)39/h5-20,40,42H,1-4H3/b41-26+. The highest BCUT2D eigenvalue weighted by Crippen LogP contribution is 2.43. The van der Waals surface area contributed by atoms with Gasteiger partial charge < -0.3 is 9.73 Å². The van der Waals surface area contributed by atoms with Gasteiger partial charge in [0.15, 0.2) is 0 Å². The molecule has 0 saturated carbocycles. The molecule has 0 atom stereocenters. The Kier molecular flexibility index (Phi) is 8.63. The predicted molar refractivity (Wildman–Crippen MR) is 184 cm³/mol. The van der Waals surface area contributed by atoms with Gasteiger partial charge in [0.2, 0.25) is 0 Å². The van der Waals surface area contributed by atoms with Crippen LogP contribution < -0.4 is 14.8 Å². The highest BCUT2D eigenvalue weighted by atomic mass is 32.3. The van der Waals surface area contributed by atoms with E-state index in [1.54, 1.807) is 36.4 Å². The minimum Gasteiger partial charge on any atom is -0.456 e. The predicted octanol–water partition coefficient (Wildman–Crippen LogP) is 8.54. The summed E-state index contributed by atoms with van der Waals surface area (Å²) in [5.74, 6) is 0.308. The van der Waals surface area contributed by atoms with Gasteiger partial charge in [0.1, 0.15) is 11.3 Å². The van der Waals surface area contributed by atoms with E-state index in [1.807, 2.05) is 64.1 Å². The Morgan fingerprint density at radius 2 is 1.33 bits per heavy atom. The highest BCUT2D eigenvalue weighted by molar-refractivity contribution is 8.05. The van der Waals surface area contributed by atoms with Crippen LogP contribution in [-0.4, -0.2) is 22.3 Å². The molecule has 0 radical (unpaired) electrons. The Labute approximate surface area is 281 Å². The summed E-state index contributed by atoms with van der Waals surface area (Å²) in [6, 6.07) is 27.3. The van der Waals surface area contributed by atoms with E-state index in [9.17, 15) is 30.0 Å². The van der Waals surface area contributed by atoms with Crippen molar-refractivity contribution in [3.05, 3.63) is 125 Å². The zero-order valence-electron chi connectivity index (χ0n) is 26.7. The van der Waals surface area contributed by atoms with Gasteiger partial charge in [-0.2, -0.15) is 13.2 Å². The highest BCUT2D eigenvalue weighted by Gasteiger charge is 2.48. The summed E-state index contributed by atoms with van der Waals surface area (Å²) in [5.41, 5.74) is 1.43. The van der Waals surface area contributed by atoms with Gasteiger partial charge in [-0.25, -0.2) is 21.8 Å². The molecule has 0 saturated heterocycles. The van der Waals surface area contributed by atoms with Crippen molar-refractivity contribution in [1.29, 1.82) is 0 Å². The van der Waals surface area contributed by atoms with Crippen LogP contribution in [0.3, 0.4) is 0 Å². The van der Waals surface area contributed by atoms with E-state index in [1.165, 1.54) is 18.2 Å². The van der Waals surface area contributed by atoms with Crippen LogP contribution in [0.5, 0.6) is 0 Å². The average molecular weight is 706 g/mol. The Hall–Kier alpha value is -4.98. The van der Waals surface area contributed by atoms with Gasteiger partial charge in [0.05, 0.1) is 15.9 Å². The van der Waals surface area contributed by atoms with Crippen LogP contribution in [0.1, 0.15) is 22.3 Å². The fraction of sp³-hybridized carbons (Fsp3) is 0.139. The van der Waals surface area contributed by atoms with Gasteiger partial charge in [-0.15, -0.1) is 0 Å². The minimum absolute atomic E-state index is 0.0342. The zero-order valence-corrected chi connectivity index (χ0v) is 28.3. The fourth-order valence-electron chi connectivity index (χ4n) is 5.73. The molecular weight excluding hydrogens is 676 g/mol. The van der Waals surface area contributed by atoms with Crippen LogP contribution in [0.15, 0.2) is 111 Å². The molecule has 49 heavy (non-hydrogen) atoms. The zero-order chi connectivity index (χ0) is 35.3. The number of nitrogens with one attached hydrogen (secondary N) is 2. The average Bonchev–Trinajstić information content (AvgIpc) is 3.02. The molecule has 0 spiro atoms. The van der Waals surface area contributed by atoms with E-state index in [2.05, 4.69) is 5.32 Å². The molecule has 8 nitrogen and oxygen atoms in total. The maximum atomic E-state index is 13.4. The van der Waals surface area contributed by atoms with E-state index in [0.717, 1.165) is 43.8 Å². The lowest BCUT2D eigenvalue weighted by Gasteiger charge is -2.19. The van der Waals surface area contributed by atoms with Crippen LogP contribution in [0.25, 0.3) is 33.4 Å². The van der Waals surface area contributed by atoms with Crippen LogP contribution in [-0.2, 0) is 20.0 Å². The number of anilines is 2. The number of hydrogen-bond donors (Lipinski definition) is 2. The van der Waals surface area contributed by atoms with Gasteiger partial charge in [0, 0.05) is 45.6 Å². The fourth-order valence-corrected chi connectivity index (χ4v) is 8.34. The molecule has 4 aromatic rings. The molecule has 4 aromatic carbocycles. The number of fused-ring (bicyclic) bond motifs is 2. The van der Waals surface area contributed by atoms with Crippen molar-refractivity contribution < 1.29 is 34.4 Å². The van der Waals surface area contributed by atoms with Crippen molar-refractivity contribution in [3.8, 4) is 22.5 Å². The Morgan fingerprint density at radius 1 is 0.694 bits per heavy atom. The van der Waals surface area contributed by atoms with Gasteiger partial charge in [-0.05, 0) is 80.3 Å². The summed E-state index contributed by atoms with van der Waals surface area (Å²) in [4.78, 5) is 4.17. The number of alkyl halides is 3. The summed E-state index contributed by atoms with van der Waals surface area (Å²) >= 11 is 0. The van der Waals surface area contributed by atoms with Crippen molar-refractivity contribution in [2.75, 3.05) is 5.32 Å².